The number of amides is 1. The van der Waals surface area contributed by atoms with Crippen LogP contribution in [-0.4, -0.2) is 68.4 Å². The Hall–Kier alpha value is -4.29. The number of likely N-dealkylation sites (tertiary alicyclic amines) is 1. The zero-order valence-corrected chi connectivity index (χ0v) is 25.1. The molecule has 3 N–H and O–H groups in total. The van der Waals surface area contributed by atoms with Crippen LogP contribution in [0.25, 0.3) is 22.3 Å². The van der Waals surface area contributed by atoms with Crippen LogP contribution in [0.3, 0.4) is 0 Å². The summed E-state index contributed by atoms with van der Waals surface area (Å²) in [5.41, 5.74) is 0.0811. The second-order valence-corrected chi connectivity index (χ2v) is 11.8. The first-order valence-electron chi connectivity index (χ1n) is 16.8. The summed E-state index contributed by atoms with van der Waals surface area (Å²) in [6, 6.07) is 6.64. The van der Waals surface area contributed by atoms with Gasteiger partial charge >= 0.3 is 18.0 Å². The molecule has 1 amide bonds. The van der Waals surface area contributed by atoms with Crippen molar-refractivity contribution in [3.63, 3.8) is 0 Å². The van der Waals surface area contributed by atoms with E-state index in [1.54, 1.807) is 36.1 Å². The number of carboxylic acids is 1. The van der Waals surface area contributed by atoms with Crippen molar-refractivity contribution in [3.05, 3.63) is 56.9 Å². The lowest BCUT2D eigenvalue weighted by molar-refractivity contribution is -0.172. The number of cyclic esters (lactones) is 1. The molecule has 3 aliphatic heterocycles. The Morgan fingerprint density at radius 2 is 2.00 bits per heavy atom. The molecule has 5 heterocycles. The summed E-state index contributed by atoms with van der Waals surface area (Å²) in [7, 11) is 0. The Bertz CT molecular complexity index is 1850. The van der Waals surface area contributed by atoms with Gasteiger partial charge in [0.2, 0.25) is 0 Å². The maximum atomic E-state index is 13.7. The number of piperidine rings is 1. The maximum Gasteiger partial charge on any atom is 0.415 e. The molecule has 12 nitrogen and oxygen atoms in total. The van der Waals surface area contributed by atoms with Crippen LogP contribution in [0.15, 0.2) is 29.1 Å². The number of aromatic nitrogens is 2. The Labute approximate surface area is 264 Å². The highest BCUT2D eigenvalue weighted by Gasteiger charge is 2.45. The van der Waals surface area contributed by atoms with Crippen LogP contribution in [0.5, 0.6) is 5.75 Å². The fourth-order valence-corrected chi connectivity index (χ4v) is 6.55. The minimum absolute atomic E-state index is 0.00336. The summed E-state index contributed by atoms with van der Waals surface area (Å²) in [6.07, 6.45) is 2.12. The topological polar surface area (TPSA) is 160 Å². The van der Waals surface area contributed by atoms with E-state index in [0.717, 1.165) is 19.3 Å². The molecule has 1 saturated heterocycles. The van der Waals surface area contributed by atoms with Gasteiger partial charge in [-0.15, -0.1) is 0 Å². The number of aliphatic carboxylic acids is 1. The van der Waals surface area contributed by atoms with E-state index in [4.69, 9.17) is 23.7 Å². The van der Waals surface area contributed by atoms with Crippen molar-refractivity contribution in [2.45, 2.75) is 83.5 Å². The van der Waals surface area contributed by atoms with Crippen LogP contribution in [-0.2, 0) is 39.5 Å². The zero-order chi connectivity index (χ0) is 34.4. The van der Waals surface area contributed by atoms with E-state index in [1.807, 2.05) is 0 Å². The summed E-state index contributed by atoms with van der Waals surface area (Å²) in [5.74, 6) is -1.40. The van der Waals surface area contributed by atoms with Crippen LogP contribution in [0.4, 0.5) is 4.79 Å². The highest BCUT2D eigenvalue weighted by atomic mass is 16.6. The number of fused-ring (bicyclic) bond motifs is 5. The Morgan fingerprint density at radius 3 is 2.73 bits per heavy atom. The molecule has 12 heteroatoms. The number of unbranched alkanes of at least 4 members (excludes halogenated alkanes) is 1. The van der Waals surface area contributed by atoms with Crippen LogP contribution >= 0.6 is 0 Å². The Kier molecular flexibility index (Phi) is 7.36. The average molecular weight is 622 g/mol. The lowest BCUT2D eigenvalue weighted by Gasteiger charge is -2.31. The zero-order valence-electron chi connectivity index (χ0n) is 28.1. The lowest BCUT2D eigenvalue weighted by Crippen LogP contribution is -2.46. The predicted octanol–water partition coefficient (Wildman–Crippen LogP) is 3.45. The van der Waals surface area contributed by atoms with Crippen molar-refractivity contribution in [1.29, 1.82) is 0 Å². The van der Waals surface area contributed by atoms with E-state index < -0.39 is 36.0 Å². The Morgan fingerprint density at radius 1 is 1.20 bits per heavy atom. The van der Waals surface area contributed by atoms with Crippen molar-refractivity contribution in [1.82, 2.24) is 19.8 Å². The number of ether oxygens (including phenoxy) is 2. The molecule has 0 unspecified atom stereocenters. The van der Waals surface area contributed by atoms with Gasteiger partial charge in [-0.2, -0.15) is 0 Å². The van der Waals surface area contributed by atoms with Gasteiger partial charge in [-0.25, -0.2) is 14.6 Å². The molecule has 3 aliphatic rings. The first-order chi connectivity index (χ1) is 22.8. The standard InChI is InChI=1S/C33H38N4O8/c1-3-21-22-15-20(45-32(42)36-13-10-19(11-14-36)34-12-6-5-7-28(38)39)8-9-26(22)35-29-23(21)17-37-27(29)16-25-24(30(37)40)18-44-31(41)33(25,43)4-2/h8-9,15-16,19,34,43H,3-7,10-14,17-18H2,1-2H3,(H,38,39)/t33-/m0/s1/i1D3. The largest absolute Gasteiger partial charge is 0.481 e. The smallest absolute Gasteiger partial charge is 0.415 e. The van der Waals surface area contributed by atoms with Gasteiger partial charge < -0.3 is 34.5 Å². The molecule has 0 spiro atoms. The van der Waals surface area contributed by atoms with Crippen molar-refractivity contribution >= 4 is 28.9 Å². The molecular formula is C33H38N4O8. The summed E-state index contributed by atoms with van der Waals surface area (Å²) in [4.78, 5) is 56.4. The second-order valence-electron chi connectivity index (χ2n) is 11.8. The Balaban J connectivity index is 1.25. The highest BCUT2D eigenvalue weighted by Crippen LogP contribution is 2.40. The third-order valence-corrected chi connectivity index (χ3v) is 9.16. The van der Waals surface area contributed by atoms with Crippen LogP contribution in [0.1, 0.15) is 78.7 Å². The number of hydrogen-bond donors (Lipinski definition) is 3. The number of nitrogens with zero attached hydrogens (tertiary/aromatic N) is 3. The first kappa shape index (κ1) is 27.1. The number of aryl methyl sites for hydroxylation is 1. The van der Waals surface area contributed by atoms with Crippen molar-refractivity contribution in [2.24, 2.45) is 0 Å². The fourth-order valence-electron chi connectivity index (χ4n) is 6.55. The van der Waals surface area contributed by atoms with E-state index in [0.29, 0.717) is 59.5 Å². The minimum atomic E-state index is -2.37. The molecule has 6 rings (SSSR count). The van der Waals surface area contributed by atoms with Crippen molar-refractivity contribution in [2.75, 3.05) is 19.6 Å². The van der Waals surface area contributed by atoms with Gasteiger partial charge in [0.25, 0.3) is 5.56 Å². The molecule has 3 aromatic rings. The molecule has 0 radical (unpaired) electrons. The van der Waals surface area contributed by atoms with E-state index in [1.165, 1.54) is 4.57 Å². The highest BCUT2D eigenvalue weighted by molar-refractivity contribution is 5.90. The van der Waals surface area contributed by atoms with Gasteiger partial charge in [0.15, 0.2) is 5.60 Å². The first-order valence-corrected chi connectivity index (χ1v) is 15.3. The molecule has 1 aromatic carbocycles. The van der Waals surface area contributed by atoms with E-state index in [2.05, 4.69) is 5.32 Å². The maximum absolute atomic E-state index is 13.7. The van der Waals surface area contributed by atoms with Crippen LogP contribution in [0.2, 0.25) is 0 Å². The monoisotopic (exact) mass is 621 g/mol. The van der Waals surface area contributed by atoms with E-state index in [9.17, 15) is 24.3 Å². The fraction of sp³-hybridized carbons (Fsp3) is 0.485. The third-order valence-electron chi connectivity index (χ3n) is 9.16. The SMILES string of the molecule is [2H]C([2H])([2H])Cc1c2c(nc3ccc(OC(=O)N4CCC(NCCCCC(=O)O)CC4)cc13)-c1cc3c(c(=O)n1C2)COC(=O)[C@]3(O)CC. The van der Waals surface area contributed by atoms with Gasteiger partial charge in [-0.3, -0.25) is 9.59 Å². The quantitative estimate of drug-likeness (QED) is 0.187. The summed E-state index contributed by atoms with van der Waals surface area (Å²) in [5, 5.41) is 23.9. The van der Waals surface area contributed by atoms with Crippen LogP contribution in [0, 0.1) is 0 Å². The normalized spacial score (nSPS) is 20.4. The molecule has 238 valence electrons. The average Bonchev–Trinajstić information content (AvgIpc) is 3.41. The molecule has 1 fully saturated rings. The molecule has 0 saturated carbocycles. The number of carboxylic acid groups (broad SMARTS) is 1. The molecule has 2 aromatic heterocycles. The number of benzene rings is 1. The van der Waals surface area contributed by atoms with E-state index >= 15 is 0 Å². The molecule has 0 aliphatic carbocycles. The van der Waals surface area contributed by atoms with Crippen molar-refractivity contribution in [3.8, 4) is 17.1 Å². The minimum Gasteiger partial charge on any atom is -0.481 e. The van der Waals surface area contributed by atoms with Gasteiger partial charge in [0.05, 0.1) is 29.0 Å². The number of carbonyl (C=O) groups is 3. The number of pyridine rings is 2. The number of esters is 1. The number of nitrogens with one attached hydrogen (secondary N) is 1. The molecule has 1 atom stereocenters. The number of aliphatic hydroxyl groups is 1. The summed E-state index contributed by atoms with van der Waals surface area (Å²) < 4.78 is 36.6. The van der Waals surface area contributed by atoms with Gasteiger partial charge in [0, 0.05) is 46.2 Å². The molecule has 0 bridgehead atoms. The number of hydrogen-bond acceptors (Lipinski definition) is 9. The molecule has 45 heavy (non-hydrogen) atoms. The number of carbonyl (C=O) groups excluding carboxylic acids is 2. The third kappa shape index (κ3) is 5.57. The predicted molar refractivity (Wildman–Crippen MR) is 164 cm³/mol. The number of rotatable bonds is 9. The van der Waals surface area contributed by atoms with E-state index in [-0.39, 0.29) is 55.3 Å². The second kappa shape index (κ2) is 12.2. The van der Waals surface area contributed by atoms with Gasteiger partial charge in [0.1, 0.15) is 12.4 Å². The van der Waals surface area contributed by atoms with Crippen LogP contribution < -0.4 is 15.6 Å². The lowest BCUT2D eigenvalue weighted by atomic mass is 9.86. The summed E-state index contributed by atoms with van der Waals surface area (Å²) >= 11 is 0. The summed E-state index contributed by atoms with van der Waals surface area (Å²) in [6.45, 7) is 0.697. The van der Waals surface area contributed by atoms with Gasteiger partial charge in [-0.05, 0) is 74.9 Å². The molecular weight excluding hydrogens is 580 g/mol. The van der Waals surface area contributed by atoms with Crippen molar-refractivity contribution < 1.29 is 38.2 Å². The van der Waals surface area contributed by atoms with Gasteiger partial charge in [-0.1, -0.05) is 13.8 Å².